The van der Waals surface area contributed by atoms with Crippen molar-refractivity contribution in [3.63, 3.8) is 0 Å². The third-order valence-corrected chi connectivity index (χ3v) is 4.98. The molecule has 2 saturated heterocycles. The molecule has 27 heavy (non-hydrogen) atoms. The standard InChI is InChI=1S/C17H20N4O5S/c1-27(23,24)20-17-18-10-12(16-25-8-5-9-26-16)14-19-15(22)13(21(14)17)11-6-3-2-4-7-11/h2-4,6-7,10,13-14,16H,5,8-9H2,1H3,(H,18,20)(H,19,22)/t13-,14-/m0/s1. The first kappa shape index (κ1) is 18.0. The maximum atomic E-state index is 12.8. The fourth-order valence-corrected chi connectivity index (χ4v) is 3.86. The molecule has 2 N–H and O–H groups in total. The highest BCUT2D eigenvalue weighted by molar-refractivity contribution is 7.89. The molecule has 144 valence electrons. The lowest BCUT2D eigenvalue weighted by molar-refractivity contribution is -0.160. The molecule has 0 spiro atoms. The minimum atomic E-state index is -3.67. The average Bonchev–Trinajstić information content (AvgIpc) is 2.99. The number of rotatable bonds is 3. The number of nitrogens with one attached hydrogen (secondary N) is 2. The topological polar surface area (TPSA) is 109 Å². The molecule has 0 aliphatic carbocycles. The zero-order valence-corrected chi connectivity index (χ0v) is 15.5. The van der Waals surface area contributed by atoms with Crippen molar-refractivity contribution in [2.75, 3.05) is 19.5 Å². The quantitative estimate of drug-likeness (QED) is 0.748. The first-order valence-electron chi connectivity index (χ1n) is 8.57. The van der Waals surface area contributed by atoms with E-state index in [9.17, 15) is 13.2 Å². The van der Waals surface area contributed by atoms with Crippen LogP contribution in [0.25, 0.3) is 0 Å². The largest absolute Gasteiger partial charge is 0.348 e. The number of hydrogen-bond acceptors (Lipinski definition) is 5. The Labute approximate surface area is 157 Å². The number of carbonyl (C=O) groups is 1. The maximum absolute atomic E-state index is 12.8. The molecule has 0 aromatic heterocycles. The number of nitrogens with zero attached hydrogens (tertiary/aromatic N) is 2. The average molecular weight is 392 g/mol. The number of benzene rings is 1. The lowest BCUT2D eigenvalue weighted by Gasteiger charge is -2.38. The number of fused-ring (bicyclic) bond motifs is 1. The number of amides is 1. The summed E-state index contributed by atoms with van der Waals surface area (Å²) in [6.45, 7) is 1.10. The summed E-state index contributed by atoms with van der Waals surface area (Å²) in [5.41, 5.74) is 1.39. The van der Waals surface area contributed by atoms with E-state index < -0.39 is 28.5 Å². The number of hydrogen-bond donors (Lipinski definition) is 2. The molecule has 0 unspecified atom stereocenters. The predicted molar refractivity (Wildman–Crippen MR) is 96.8 cm³/mol. The van der Waals surface area contributed by atoms with Crippen molar-refractivity contribution in [1.29, 1.82) is 0 Å². The summed E-state index contributed by atoms with van der Waals surface area (Å²) in [6.07, 6.45) is 2.16. The Bertz CT molecular complexity index is 893. The number of guanidine groups is 1. The summed E-state index contributed by atoms with van der Waals surface area (Å²) in [4.78, 5) is 14.4. The molecular formula is C17H20N4O5S. The van der Waals surface area contributed by atoms with Crippen molar-refractivity contribution < 1.29 is 22.7 Å². The van der Waals surface area contributed by atoms with E-state index in [1.165, 1.54) is 0 Å². The first-order valence-corrected chi connectivity index (χ1v) is 10.4. The lowest BCUT2D eigenvalue weighted by Crippen LogP contribution is -2.54. The van der Waals surface area contributed by atoms with Crippen LogP contribution in [0.15, 0.2) is 46.5 Å². The fourth-order valence-electron chi connectivity index (χ4n) is 3.40. The molecule has 0 saturated carbocycles. The van der Waals surface area contributed by atoms with Gasteiger partial charge in [0.1, 0.15) is 12.2 Å². The van der Waals surface area contributed by atoms with Crippen molar-refractivity contribution in [3.05, 3.63) is 47.7 Å². The highest BCUT2D eigenvalue weighted by atomic mass is 32.2. The fraction of sp³-hybridized carbons (Fsp3) is 0.412. The van der Waals surface area contributed by atoms with Gasteiger partial charge in [0.05, 0.1) is 19.5 Å². The van der Waals surface area contributed by atoms with Gasteiger partial charge in [-0.3, -0.25) is 4.79 Å². The van der Waals surface area contributed by atoms with Gasteiger partial charge in [-0.15, -0.1) is 4.40 Å². The summed E-state index contributed by atoms with van der Waals surface area (Å²) < 4.78 is 38.7. The van der Waals surface area contributed by atoms with E-state index >= 15 is 0 Å². The lowest BCUT2D eigenvalue weighted by atomic mass is 10.1. The van der Waals surface area contributed by atoms with Crippen molar-refractivity contribution in [1.82, 2.24) is 15.5 Å². The van der Waals surface area contributed by atoms with Crippen LogP contribution in [0.3, 0.4) is 0 Å². The van der Waals surface area contributed by atoms with Gasteiger partial charge in [-0.2, -0.15) is 0 Å². The van der Waals surface area contributed by atoms with Gasteiger partial charge in [0.15, 0.2) is 6.29 Å². The van der Waals surface area contributed by atoms with Gasteiger partial charge in [0.2, 0.25) is 11.9 Å². The van der Waals surface area contributed by atoms with Gasteiger partial charge in [0, 0.05) is 11.8 Å². The van der Waals surface area contributed by atoms with Crippen LogP contribution >= 0.6 is 0 Å². The van der Waals surface area contributed by atoms with Crippen LogP contribution in [0.2, 0.25) is 0 Å². The monoisotopic (exact) mass is 392 g/mol. The third kappa shape index (κ3) is 3.55. The molecule has 0 bridgehead atoms. The van der Waals surface area contributed by atoms with Crippen LogP contribution in [0.5, 0.6) is 0 Å². The first-order chi connectivity index (χ1) is 12.9. The summed E-state index contributed by atoms with van der Waals surface area (Å²) in [5.74, 6) is -0.174. The molecule has 1 amide bonds. The van der Waals surface area contributed by atoms with E-state index in [2.05, 4.69) is 15.0 Å². The van der Waals surface area contributed by atoms with Gasteiger partial charge in [-0.1, -0.05) is 30.3 Å². The Hall–Kier alpha value is -2.43. The minimum Gasteiger partial charge on any atom is -0.348 e. The summed E-state index contributed by atoms with van der Waals surface area (Å²) in [6, 6.07) is 8.40. The molecule has 9 nitrogen and oxygen atoms in total. The molecular weight excluding hydrogens is 372 g/mol. The van der Waals surface area contributed by atoms with Gasteiger partial charge in [-0.05, 0) is 12.0 Å². The Morgan fingerprint density at radius 1 is 1.19 bits per heavy atom. The van der Waals surface area contributed by atoms with E-state index in [0.29, 0.717) is 18.8 Å². The van der Waals surface area contributed by atoms with Crippen molar-refractivity contribution in [2.24, 2.45) is 4.40 Å². The van der Waals surface area contributed by atoms with E-state index in [4.69, 9.17) is 9.47 Å². The van der Waals surface area contributed by atoms with Crippen molar-refractivity contribution in [2.45, 2.75) is 24.9 Å². The molecule has 3 aliphatic rings. The van der Waals surface area contributed by atoms with E-state index in [1.807, 2.05) is 30.3 Å². The smallest absolute Gasteiger partial charge is 0.253 e. The van der Waals surface area contributed by atoms with Crippen LogP contribution < -0.4 is 10.6 Å². The van der Waals surface area contributed by atoms with Crippen LogP contribution in [-0.2, 0) is 24.3 Å². The summed E-state index contributed by atoms with van der Waals surface area (Å²) >= 11 is 0. The molecule has 3 aliphatic heterocycles. The van der Waals surface area contributed by atoms with Crippen LogP contribution in [0.4, 0.5) is 0 Å². The van der Waals surface area contributed by atoms with Crippen LogP contribution in [0, 0.1) is 0 Å². The van der Waals surface area contributed by atoms with Gasteiger partial charge >= 0.3 is 0 Å². The molecule has 0 radical (unpaired) electrons. The SMILES string of the molecule is CS(=O)(=O)/N=C1\NC=C(C2OCCCO2)[C@H]2NC(=O)[C@H](c3ccccc3)N12. The zero-order valence-electron chi connectivity index (χ0n) is 14.7. The summed E-state index contributed by atoms with van der Waals surface area (Å²) in [5, 5.41) is 5.81. The molecule has 10 heteroatoms. The van der Waals surface area contributed by atoms with E-state index in [1.54, 1.807) is 11.1 Å². The number of carbonyl (C=O) groups excluding carboxylic acids is 1. The second-order valence-electron chi connectivity index (χ2n) is 6.50. The van der Waals surface area contributed by atoms with E-state index in [0.717, 1.165) is 18.2 Å². The van der Waals surface area contributed by atoms with Crippen LogP contribution in [-0.4, -0.2) is 57.1 Å². The third-order valence-electron chi connectivity index (χ3n) is 4.48. The van der Waals surface area contributed by atoms with Crippen LogP contribution in [0.1, 0.15) is 18.0 Å². The number of ether oxygens (including phenoxy) is 2. The maximum Gasteiger partial charge on any atom is 0.253 e. The summed E-state index contributed by atoms with van der Waals surface area (Å²) in [7, 11) is -3.67. The second-order valence-corrected chi connectivity index (χ2v) is 8.14. The predicted octanol–water partition coefficient (Wildman–Crippen LogP) is 0.0513. The molecule has 2 fully saturated rings. The Kier molecular flexibility index (Phi) is 4.62. The Morgan fingerprint density at radius 3 is 2.56 bits per heavy atom. The Balaban J connectivity index is 1.77. The highest BCUT2D eigenvalue weighted by Crippen LogP contribution is 2.34. The molecule has 1 aromatic rings. The molecule has 3 heterocycles. The van der Waals surface area contributed by atoms with Crippen molar-refractivity contribution in [3.8, 4) is 0 Å². The number of sulfonamides is 1. The Morgan fingerprint density at radius 2 is 1.89 bits per heavy atom. The normalized spacial score (nSPS) is 27.7. The highest BCUT2D eigenvalue weighted by Gasteiger charge is 2.48. The van der Waals surface area contributed by atoms with Gasteiger partial charge < -0.3 is 25.0 Å². The van der Waals surface area contributed by atoms with E-state index in [-0.39, 0.29) is 11.9 Å². The molecule has 4 rings (SSSR count). The zero-order chi connectivity index (χ0) is 19.0. The molecule has 1 aromatic carbocycles. The van der Waals surface area contributed by atoms with Gasteiger partial charge in [-0.25, -0.2) is 8.42 Å². The second kappa shape index (κ2) is 6.95. The minimum absolute atomic E-state index is 0.0780. The van der Waals surface area contributed by atoms with Crippen molar-refractivity contribution >= 4 is 21.9 Å². The molecule has 2 atom stereocenters. The van der Waals surface area contributed by atoms with Gasteiger partial charge in [0.25, 0.3) is 10.0 Å².